The predicted octanol–water partition coefficient (Wildman–Crippen LogP) is 3.06. The van der Waals surface area contributed by atoms with Gasteiger partial charge in [0.25, 0.3) is 0 Å². The quantitative estimate of drug-likeness (QED) is 0.876. The molecule has 1 unspecified atom stereocenters. The highest BCUT2D eigenvalue weighted by Crippen LogP contribution is 2.36. The van der Waals surface area contributed by atoms with Crippen LogP contribution < -0.4 is 4.74 Å². The van der Waals surface area contributed by atoms with Gasteiger partial charge in [-0.3, -0.25) is 4.79 Å². The molecule has 23 heavy (non-hydrogen) atoms. The highest BCUT2D eigenvalue weighted by Gasteiger charge is 2.35. The SMILES string of the molecule is COc1ccc(CC(CN2C[C@H]3CCCC[C@H]3C2)C(=O)O)cc1. The lowest BCUT2D eigenvalue weighted by Crippen LogP contribution is -2.33. The Morgan fingerprint density at radius 1 is 1.22 bits per heavy atom. The van der Waals surface area contributed by atoms with Crippen LogP contribution in [0.4, 0.5) is 0 Å². The summed E-state index contributed by atoms with van der Waals surface area (Å²) in [4.78, 5) is 14.1. The number of nitrogens with zero attached hydrogens (tertiary/aromatic N) is 1. The summed E-state index contributed by atoms with van der Waals surface area (Å²) in [6.07, 6.45) is 5.95. The van der Waals surface area contributed by atoms with Crippen LogP contribution >= 0.6 is 0 Å². The number of rotatable bonds is 6. The molecule has 1 saturated heterocycles. The number of carbonyl (C=O) groups is 1. The number of likely N-dealkylation sites (tertiary alicyclic amines) is 1. The molecular weight excluding hydrogens is 290 g/mol. The first-order valence-corrected chi connectivity index (χ1v) is 8.74. The van der Waals surface area contributed by atoms with Crippen LogP contribution in [0.5, 0.6) is 5.75 Å². The highest BCUT2D eigenvalue weighted by molar-refractivity contribution is 5.70. The first-order valence-electron chi connectivity index (χ1n) is 8.74. The largest absolute Gasteiger partial charge is 0.497 e. The summed E-state index contributed by atoms with van der Waals surface area (Å²) in [5.41, 5.74) is 1.06. The van der Waals surface area contributed by atoms with Crippen molar-refractivity contribution < 1.29 is 14.6 Å². The number of benzene rings is 1. The molecule has 1 aromatic rings. The third-order valence-electron chi connectivity index (χ3n) is 5.52. The minimum atomic E-state index is -0.685. The van der Waals surface area contributed by atoms with Gasteiger partial charge in [0.2, 0.25) is 0 Å². The van der Waals surface area contributed by atoms with Gasteiger partial charge >= 0.3 is 5.97 Å². The van der Waals surface area contributed by atoms with Crippen LogP contribution in [0.2, 0.25) is 0 Å². The van der Waals surface area contributed by atoms with E-state index < -0.39 is 5.97 Å². The fourth-order valence-electron chi connectivity index (χ4n) is 4.24. The van der Waals surface area contributed by atoms with Crippen molar-refractivity contribution >= 4 is 5.97 Å². The van der Waals surface area contributed by atoms with Gasteiger partial charge < -0.3 is 14.7 Å². The molecule has 1 aliphatic carbocycles. The van der Waals surface area contributed by atoms with Crippen LogP contribution in [0.1, 0.15) is 31.2 Å². The van der Waals surface area contributed by atoms with E-state index in [1.165, 1.54) is 25.7 Å². The minimum absolute atomic E-state index is 0.330. The summed E-state index contributed by atoms with van der Waals surface area (Å²) in [5.74, 6) is 1.40. The third-order valence-corrected chi connectivity index (χ3v) is 5.52. The molecule has 4 heteroatoms. The second-order valence-electron chi connectivity index (χ2n) is 7.11. The van der Waals surface area contributed by atoms with Crippen LogP contribution in [0, 0.1) is 17.8 Å². The Balaban J connectivity index is 1.59. The van der Waals surface area contributed by atoms with E-state index in [0.717, 1.165) is 36.2 Å². The second kappa shape index (κ2) is 7.35. The van der Waals surface area contributed by atoms with E-state index in [1.807, 2.05) is 24.3 Å². The van der Waals surface area contributed by atoms with Gasteiger partial charge in [0.15, 0.2) is 0 Å². The van der Waals surface area contributed by atoms with Gasteiger partial charge in [-0.25, -0.2) is 0 Å². The number of aliphatic carboxylic acids is 1. The summed E-state index contributed by atoms with van der Waals surface area (Å²) in [5, 5.41) is 9.60. The molecule has 0 radical (unpaired) electrons. The molecule has 4 nitrogen and oxygen atoms in total. The molecule has 0 aromatic heterocycles. The van der Waals surface area contributed by atoms with Gasteiger partial charge in [0, 0.05) is 19.6 Å². The second-order valence-corrected chi connectivity index (χ2v) is 7.11. The van der Waals surface area contributed by atoms with E-state index in [4.69, 9.17) is 4.74 Å². The number of fused-ring (bicyclic) bond motifs is 1. The van der Waals surface area contributed by atoms with Crippen molar-refractivity contribution in [1.29, 1.82) is 0 Å². The first-order chi connectivity index (χ1) is 11.2. The van der Waals surface area contributed by atoms with Crippen molar-refractivity contribution in [1.82, 2.24) is 4.90 Å². The van der Waals surface area contributed by atoms with Gasteiger partial charge in [0.1, 0.15) is 5.75 Å². The molecule has 1 saturated carbocycles. The first kappa shape index (κ1) is 16.3. The number of carboxylic acid groups (broad SMARTS) is 1. The molecular formula is C19H27NO3. The minimum Gasteiger partial charge on any atom is -0.497 e. The fourth-order valence-corrected chi connectivity index (χ4v) is 4.24. The van der Waals surface area contributed by atoms with Gasteiger partial charge in [-0.1, -0.05) is 25.0 Å². The van der Waals surface area contributed by atoms with E-state index >= 15 is 0 Å². The molecule has 1 aromatic carbocycles. The van der Waals surface area contributed by atoms with Crippen molar-refractivity contribution in [3.63, 3.8) is 0 Å². The number of hydrogen-bond acceptors (Lipinski definition) is 3. The lowest BCUT2D eigenvalue weighted by molar-refractivity contribution is -0.142. The zero-order valence-electron chi connectivity index (χ0n) is 13.9. The average molecular weight is 317 g/mol. The lowest BCUT2D eigenvalue weighted by atomic mass is 9.82. The molecule has 0 bridgehead atoms. The Morgan fingerprint density at radius 2 is 1.83 bits per heavy atom. The zero-order chi connectivity index (χ0) is 16.2. The standard InChI is InChI=1S/C19H27NO3/c1-23-18-8-6-14(7-9-18)10-17(19(21)22)13-20-11-15-4-2-3-5-16(15)12-20/h6-9,15-17H,2-5,10-13H2,1H3,(H,21,22)/t15-,16+,17?. The van der Waals surface area contributed by atoms with Crippen molar-refractivity contribution in [2.24, 2.45) is 17.8 Å². The number of carboxylic acids is 1. The Morgan fingerprint density at radius 3 is 2.35 bits per heavy atom. The summed E-state index contributed by atoms with van der Waals surface area (Å²) >= 11 is 0. The van der Waals surface area contributed by atoms with Crippen molar-refractivity contribution in [2.45, 2.75) is 32.1 Å². The molecule has 2 aliphatic rings. The van der Waals surface area contributed by atoms with Crippen LogP contribution in [0.3, 0.4) is 0 Å². The summed E-state index contributed by atoms with van der Waals surface area (Å²) < 4.78 is 5.16. The van der Waals surface area contributed by atoms with E-state index in [9.17, 15) is 9.90 Å². The maximum atomic E-state index is 11.7. The van der Waals surface area contributed by atoms with Crippen molar-refractivity contribution in [2.75, 3.05) is 26.7 Å². The normalized spacial score (nSPS) is 25.8. The van der Waals surface area contributed by atoms with Crippen molar-refractivity contribution in [3.8, 4) is 5.75 Å². The Labute approximate surface area is 138 Å². The lowest BCUT2D eigenvalue weighted by Gasteiger charge is -2.23. The topological polar surface area (TPSA) is 49.8 Å². The summed E-state index contributed by atoms with van der Waals surface area (Å²) in [7, 11) is 1.64. The van der Waals surface area contributed by atoms with Crippen LogP contribution in [0.15, 0.2) is 24.3 Å². The Hall–Kier alpha value is -1.55. The number of methoxy groups -OCH3 is 1. The fraction of sp³-hybridized carbons (Fsp3) is 0.632. The van der Waals surface area contributed by atoms with Crippen molar-refractivity contribution in [3.05, 3.63) is 29.8 Å². The molecule has 1 aliphatic heterocycles. The van der Waals surface area contributed by atoms with Gasteiger partial charge in [0.05, 0.1) is 13.0 Å². The average Bonchev–Trinajstić information content (AvgIpc) is 2.97. The molecule has 3 rings (SSSR count). The Bertz CT molecular complexity index is 514. The molecule has 3 atom stereocenters. The van der Waals surface area contributed by atoms with Gasteiger partial charge in [-0.2, -0.15) is 0 Å². The predicted molar refractivity (Wildman–Crippen MR) is 89.7 cm³/mol. The molecule has 0 spiro atoms. The van der Waals surface area contributed by atoms with Crippen LogP contribution in [0.25, 0.3) is 0 Å². The van der Waals surface area contributed by atoms with E-state index in [2.05, 4.69) is 4.90 Å². The maximum Gasteiger partial charge on any atom is 0.308 e. The zero-order valence-corrected chi connectivity index (χ0v) is 13.9. The highest BCUT2D eigenvalue weighted by atomic mass is 16.5. The van der Waals surface area contributed by atoms with E-state index in [1.54, 1.807) is 7.11 Å². The van der Waals surface area contributed by atoms with Crippen LogP contribution in [-0.4, -0.2) is 42.7 Å². The molecule has 0 amide bonds. The third kappa shape index (κ3) is 4.05. The van der Waals surface area contributed by atoms with E-state index in [-0.39, 0.29) is 5.92 Å². The van der Waals surface area contributed by atoms with Gasteiger partial charge in [-0.05, 0) is 48.8 Å². The smallest absolute Gasteiger partial charge is 0.308 e. The maximum absolute atomic E-state index is 11.7. The monoisotopic (exact) mass is 317 g/mol. The molecule has 1 N–H and O–H groups in total. The molecule has 2 fully saturated rings. The Kier molecular flexibility index (Phi) is 5.21. The van der Waals surface area contributed by atoms with Gasteiger partial charge in [-0.15, -0.1) is 0 Å². The molecule has 1 heterocycles. The number of hydrogen-bond donors (Lipinski definition) is 1. The van der Waals surface area contributed by atoms with Crippen LogP contribution in [-0.2, 0) is 11.2 Å². The number of ether oxygens (including phenoxy) is 1. The summed E-state index contributed by atoms with van der Waals surface area (Å²) in [6.45, 7) is 2.86. The molecule has 126 valence electrons. The van der Waals surface area contributed by atoms with E-state index in [0.29, 0.717) is 13.0 Å². The summed E-state index contributed by atoms with van der Waals surface area (Å²) in [6, 6.07) is 7.74.